The molecule has 2 amide bonds. The Kier molecular flexibility index (Phi) is 5.13. The molecule has 6 heteroatoms. The maximum atomic E-state index is 13.9. The Morgan fingerprint density at radius 2 is 1.61 bits per heavy atom. The molecule has 0 radical (unpaired) electrons. The number of amides is 2. The molecule has 0 bridgehead atoms. The molecule has 33 heavy (non-hydrogen) atoms. The number of hydrogen-bond donors (Lipinski definition) is 1. The van der Waals surface area contributed by atoms with Gasteiger partial charge >= 0.3 is 0 Å². The summed E-state index contributed by atoms with van der Waals surface area (Å²) < 4.78 is 7.47. The zero-order chi connectivity index (χ0) is 23.1. The van der Waals surface area contributed by atoms with Crippen molar-refractivity contribution < 1.29 is 14.3 Å². The number of aromatic nitrogens is 1. The van der Waals surface area contributed by atoms with Crippen molar-refractivity contribution in [3.63, 3.8) is 0 Å². The van der Waals surface area contributed by atoms with Crippen LogP contribution in [0.15, 0.2) is 79.0 Å². The van der Waals surface area contributed by atoms with Gasteiger partial charge in [-0.05, 0) is 29.8 Å². The molecular formula is C27H25N3O3. The Morgan fingerprint density at radius 3 is 2.42 bits per heavy atom. The highest BCUT2D eigenvalue weighted by Gasteiger charge is 2.43. The van der Waals surface area contributed by atoms with Gasteiger partial charge in [-0.2, -0.15) is 0 Å². The van der Waals surface area contributed by atoms with E-state index in [1.54, 1.807) is 25.1 Å². The predicted molar refractivity (Wildman–Crippen MR) is 129 cm³/mol. The lowest BCUT2D eigenvalue weighted by atomic mass is 9.79. The third-order valence-electron chi connectivity index (χ3n) is 6.47. The molecule has 0 spiro atoms. The van der Waals surface area contributed by atoms with Gasteiger partial charge in [-0.15, -0.1) is 0 Å². The van der Waals surface area contributed by atoms with E-state index < -0.39 is 12.0 Å². The zero-order valence-corrected chi connectivity index (χ0v) is 18.8. The zero-order valence-electron chi connectivity index (χ0n) is 18.8. The second-order valence-corrected chi connectivity index (χ2v) is 8.33. The average Bonchev–Trinajstić information content (AvgIpc) is 3.17. The fourth-order valence-corrected chi connectivity index (χ4v) is 4.91. The highest BCUT2D eigenvalue weighted by Crippen LogP contribution is 2.45. The van der Waals surface area contributed by atoms with Crippen LogP contribution in [-0.4, -0.2) is 35.4 Å². The number of para-hydroxylation sites is 3. The number of likely N-dealkylation sites (N-methyl/N-ethyl adjacent to an activating group) is 1. The number of carbonyl (C=O) groups excluding carboxylic acids is 2. The summed E-state index contributed by atoms with van der Waals surface area (Å²) in [6, 6.07) is 22.3. The first-order chi connectivity index (χ1) is 16.0. The first-order valence-corrected chi connectivity index (χ1v) is 10.8. The van der Waals surface area contributed by atoms with Gasteiger partial charge in [0.1, 0.15) is 5.75 Å². The second-order valence-electron chi connectivity index (χ2n) is 8.33. The summed E-state index contributed by atoms with van der Waals surface area (Å²) in [6.45, 7) is 0. The summed E-state index contributed by atoms with van der Waals surface area (Å²) in [5.74, 6) is -0.296. The number of ether oxygens (including phenoxy) is 1. The van der Waals surface area contributed by atoms with Crippen LogP contribution in [0.1, 0.15) is 33.4 Å². The van der Waals surface area contributed by atoms with Gasteiger partial charge in [0.15, 0.2) is 0 Å². The van der Waals surface area contributed by atoms with Crippen molar-refractivity contribution in [1.29, 1.82) is 0 Å². The van der Waals surface area contributed by atoms with E-state index in [2.05, 4.69) is 5.32 Å². The average molecular weight is 440 g/mol. The van der Waals surface area contributed by atoms with E-state index in [1.807, 2.05) is 84.5 Å². The monoisotopic (exact) mass is 439 g/mol. The molecule has 1 aromatic heterocycles. The Balaban J connectivity index is 1.68. The van der Waals surface area contributed by atoms with E-state index in [0.29, 0.717) is 17.0 Å². The van der Waals surface area contributed by atoms with Gasteiger partial charge in [-0.25, -0.2) is 0 Å². The summed E-state index contributed by atoms with van der Waals surface area (Å²) >= 11 is 0. The molecule has 166 valence electrons. The topological polar surface area (TPSA) is 63.6 Å². The van der Waals surface area contributed by atoms with Gasteiger partial charge < -0.3 is 19.5 Å². The number of fused-ring (bicyclic) bond motifs is 2. The van der Waals surface area contributed by atoms with Gasteiger partial charge in [0.25, 0.3) is 5.91 Å². The largest absolute Gasteiger partial charge is 0.495 e. The van der Waals surface area contributed by atoms with E-state index >= 15 is 0 Å². The number of hydrogen-bond acceptors (Lipinski definition) is 3. The van der Waals surface area contributed by atoms with Gasteiger partial charge in [-0.3, -0.25) is 9.59 Å². The third-order valence-corrected chi connectivity index (χ3v) is 6.47. The molecule has 1 aliphatic rings. The molecule has 0 saturated heterocycles. The molecule has 2 atom stereocenters. The van der Waals surface area contributed by atoms with Gasteiger partial charge in [-0.1, -0.05) is 48.5 Å². The van der Waals surface area contributed by atoms with Crippen molar-refractivity contribution in [3.8, 4) is 5.75 Å². The molecule has 1 aliphatic heterocycles. The first kappa shape index (κ1) is 20.8. The minimum atomic E-state index is -0.598. The van der Waals surface area contributed by atoms with E-state index in [-0.39, 0.29) is 11.8 Å². The van der Waals surface area contributed by atoms with Crippen molar-refractivity contribution in [2.24, 2.45) is 7.05 Å². The minimum absolute atomic E-state index is 0.0927. The minimum Gasteiger partial charge on any atom is -0.495 e. The number of rotatable bonds is 4. The standard InChI is InChI=1S/C27H25N3O3/c1-29-16-20(17-10-6-8-14-22(17)29)25-24(18-11-4-5-12-19(18)27(32)30(25)2)26(31)28-21-13-7-9-15-23(21)33-3/h4-16,24-25H,1-3H3,(H,28,31). The van der Waals surface area contributed by atoms with E-state index in [1.165, 1.54) is 0 Å². The molecule has 2 heterocycles. The van der Waals surface area contributed by atoms with Crippen LogP contribution in [0, 0.1) is 0 Å². The van der Waals surface area contributed by atoms with Crippen LogP contribution >= 0.6 is 0 Å². The summed E-state index contributed by atoms with van der Waals surface area (Å²) in [5, 5.41) is 4.08. The van der Waals surface area contributed by atoms with Crippen molar-refractivity contribution >= 4 is 28.4 Å². The summed E-state index contributed by atoms with van der Waals surface area (Å²) in [4.78, 5) is 28.9. The second kappa shape index (κ2) is 8.13. The van der Waals surface area contributed by atoms with E-state index in [4.69, 9.17) is 4.74 Å². The Hall–Kier alpha value is -4.06. The quantitative estimate of drug-likeness (QED) is 0.500. The number of anilines is 1. The van der Waals surface area contributed by atoms with Gasteiger partial charge in [0.2, 0.25) is 5.91 Å². The molecule has 4 aromatic rings. The van der Waals surface area contributed by atoms with E-state index in [9.17, 15) is 9.59 Å². The van der Waals surface area contributed by atoms with Gasteiger partial charge in [0.05, 0.1) is 24.8 Å². The van der Waals surface area contributed by atoms with Crippen molar-refractivity contribution in [1.82, 2.24) is 9.47 Å². The Bertz CT molecular complexity index is 1370. The Labute approximate surface area is 192 Å². The molecule has 1 N–H and O–H groups in total. The molecule has 0 saturated carbocycles. The predicted octanol–water partition coefficient (Wildman–Crippen LogP) is 4.74. The van der Waals surface area contributed by atoms with Crippen LogP contribution in [0.4, 0.5) is 5.69 Å². The summed E-state index contributed by atoms with van der Waals surface area (Å²) in [6.07, 6.45) is 2.02. The number of benzene rings is 3. The maximum Gasteiger partial charge on any atom is 0.254 e. The highest BCUT2D eigenvalue weighted by molar-refractivity contribution is 6.05. The third kappa shape index (κ3) is 3.35. The smallest absolute Gasteiger partial charge is 0.254 e. The highest BCUT2D eigenvalue weighted by atomic mass is 16.5. The molecule has 2 unspecified atom stereocenters. The lowest BCUT2D eigenvalue weighted by Crippen LogP contribution is -2.44. The molecule has 5 rings (SSSR count). The van der Waals surface area contributed by atoms with Crippen molar-refractivity contribution in [2.75, 3.05) is 19.5 Å². The lowest BCUT2D eigenvalue weighted by Gasteiger charge is -2.39. The Morgan fingerprint density at radius 1 is 0.909 bits per heavy atom. The van der Waals surface area contributed by atoms with Crippen LogP contribution in [0.2, 0.25) is 0 Å². The SMILES string of the molecule is COc1ccccc1NC(=O)C1c2ccccc2C(=O)N(C)C1c1cn(C)c2ccccc12. The lowest BCUT2D eigenvalue weighted by molar-refractivity contribution is -0.119. The summed E-state index contributed by atoms with van der Waals surface area (Å²) in [7, 11) is 5.33. The van der Waals surface area contributed by atoms with Crippen molar-refractivity contribution in [3.05, 3.63) is 95.7 Å². The van der Waals surface area contributed by atoms with E-state index in [0.717, 1.165) is 22.0 Å². The molecule has 3 aromatic carbocycles. The summed E-state index contributed by atoms with van der Waals surface area (Å²) in [5.41, 5.74) is 3.87. The van der Waals surface area contributed by atoms with Crippen LogP contribution < -0.4 is 10.1 Å². The van der Waals surface area contributed by atoms with Crippen LogP contribution in [0.25, 0.3) is 10.9 Å². The first-order valence-electron chi connectivity index (χ1n) is 10.8. The van der Waals surface area contributed by atoms with Crippen LogP contribution in [0.3, 0.4) is 0 Å². The number of methoxy groups -OCH3 is 1. The maximum absolute atomic E-state index is 13.9. The fraction of sp³-hybridized carbons (Fsp3) is 0.185. The van der Waals surface area contributed by atoms with Gasteiger partial charge in [0, 0.05) is 42.3 Å². The number of aryl methyl sites for hydroxylation is 1. The van der Waals surface area contributed by atoms with Crippen LogP contribution in [0.5, 0.6) is 5.75 Å². The number of carbonyl (C=O) groups is 2. The fourth-order valence-electron chi connectivity index (χ4n) is 4.91. The molecular weight excluding hydrogens is 414 g/mol. The molecule has 0 fully saturated rings. The number of nitrogens with zero attached hydrogens (tertiary/aromatic N) is 2. The van der Waals surface area contributed by atoms with Crippen molar-refractivity contribution in [2.45, 2.75) is 12.0 Å². The number of nitrogens with one attached hydrogen (secondary N) is 1. The normalized spacial score (nSPS) is 17.7. The molecule has 0 aliphatic carbocycles. The molecule has 6 nitrogen and oxygen atoms in total. The van der Waals surface area contributed by atoms with Crippen LogP contribution in [-0.2, 0) is 11.8 Å².